The van der Waals surface area contributed by atoms with Crippen LogP contribution in [0, 0.1) is 11.8 Å². The molecule has 3 heterocycles. The summed E-state index contributed by atoms with van der Waals surface area (Å²) in [5.41, 5.74) is 3.57. The number of ether oxygens (including phenoxy) is 2. The van der Waals surface area contributed by atoms with E-state index in [0.29, 0.717) is 37.0 Å². The molecule has 4 aliphatic rings. The Balaban J connectivity index is 1.31. The highest BCUT2D eigenvalue weighted by atomic mass is 16.5. The van der Waals surface area contributed by atoms with Gasteiger partial charge in [-0.25, -0.2) is 0 Å². The summed E-state index contributed by atoms with van der Waals surface area (Å²) in [5, 5.41) is 2.34. The van der Waals surface area contributed by atoms with Crippen molar-refractivity contribution in [1.29, 1.82) is 0 Å². The van der Waals surface area contributed by atoms with Crippen LogP contribution in [-0.4, -0.2) is 50.2 Å². The molecule has 192 valence electrons. The van der Waals surface area contributed by atoms with Crippen molar-refractivity contribution in [2.45, 2.75) is 68.9 Å². The molecular weight excluding hydrogens is 448 g/mol. The van der Waals surface area contributed by atoms with Gasteiger partial charge < -0.3 is 19.7 Å². The van der Waals surface area contributed by atoms with Gasteiger partial charge in [-0.05, 0) is 54.7 Å². The summed E-state index contributed by atoms with van der Waals surface area (Å²) in [6.07, 6.45) is 8.65. The van der Waals surface area contributed by atoms with Crippen molar-refractivity contribution in [2.75, 3.05) is 33.4 Å². The maximum Gasteiger partial charge on any atom is 0.232 e. The fourth-order valence-electron chi connectivity index (χ4n) is 7.92. The minimum Gasteiger partial charge on any atom is -0.496 e. The quantitative estimate of drug-likeness (QED) is 0.706. The number of nitrogens with two attached hydrogens (primary N) is 1. The molecule has 1 saturated carbocycles. The minimum absolute atomic E-state index is 0.0528. The highest BCUT2D eigenvalue weighted by molar-refractivity contribution is 5.82. The average Bonchev–Trinajstić information content (AvgIpc) is 3.37. The van der Waals surface area contributed by atoms with Crippen molar-refractivity contribution < 1.29 is 19.6 Å². The van der Waals surface area contributed by atoms with Gasteiger partial charge in [-0.2, -0.15) is 0 Å². The highest BCUT2D eigenvalue weighted by Gasteiger charge is 2.56. The molecule has 1 amide bonds. The Hall–Kier alpha value is -2.37. The van der Waals surface area contributed by atoms with Crippen LogP contribution in [0.3, 0.4) is 0 Å². The third-order valence-electron chi connectivity index (χ3n) is 9.76. The number of quaternary nitrogens is 1. The lowest BCUT2D eigenvalue weighted by molar-refractivity contribution is -0.640. The number of rotatable bonds is 4. The van der Waals surface area contributed by atoms with Gasteiger partial charge in [0.25, 0.3) is 0 Å². The van der Waals surface area contributed by atoms with E-state index < -0.39 is 0 Å². The molecule has 4 atom stereocenters. The van der Waals surface area contributed by atoms with Crippen LogP contribution in [0.4, 0.5) is 0 Å². The summed E-state index contributed by atoms with van der Waals surface area (Å²) in [5.74, 6) is 2.38. The number of amides is 1. The van der Waals surface area contributed by atoms with E-state index in [9.17, 15) is 4.79 Å². The van der Waals surface area contributed by atoms with Crippen molar-refractivity contribution in [3.8, 4) is 5.75 Å². The average molecular weight is 490 g/mol. The molecule has 1 unspecified atom stereocenters. The van der Waals surface area contributed by atoms with Crippen molar-refractivity contribution in [2.24, 2.45) is 11.8 Å². The molecule has 0 bridgehead atoms. The number of hydrogen-bond donors (Lipinski definition) is 1. The molecule has 1 spiro atoms. The smallest absolute Gasteiger partial charge is 0.232 e. The summed E-state index contributed by atoms with van der Waals surface area (Å²) >= 11 is 0. The first-order valence-corrected chi connectivity index (χ1v) is 14.1. The molecule has 2 N–H and O–H groups in total. The lowest BCUT2D eigenvalue weighted by Gasteiger charge is -2.47. The Morgan fingerprint density at radius 3 is 2.69 bits per heavy atom. The molecule has 5 nitrogen and oxygen atoms in total. The number of likely N-dealkylation sites (tertiary alicyclic amines) is 1. The Morgan fingerprint density at radius 1 is 1.06 bits per heavy atom. The van der Waals surface area contributed by atoms with E-state index in [1.165, 1.54) is 43.2 Å². The van der Waals surface area contributed by atoms with Gasteiger partial charge in [0.1, 0.15) is 11.7 Å². The zero-order chi connectivity index (χ0) is 24.5. The van der Waals surface area contributed by atoms with Gasteiger partial charge in [0, 0.05) is 18.2 Å². The molecule has 2 saturated heterocycles. The number of methoxy groups -OCH3 is 1. The number of fused-ring (bicyclic) bond motifs is 2. The number of piperidine rings is 1. The van der Waals surface area contributed by atoms with Gasteiger partial charge in [-0.15, -0.1) is 0 Å². The molecule has 0 radical (unpaired) electrons. The second kappa shape index (κ2) is 10.2. The van der Waals surface area contributed by atoms with Gasteiger partial charge in [0.15, 0.2) is 0 Å². The van der Waals surface area contributed by atoms with Crippen LogP contribution in [-0.2, 0) is 21.6 Å². The van der Waals surface area contributed by atoms with E-state index in [2.05, 4.69) is 52.7 Å². The van der Waals surface area contributed by atoms with E-state index in [-0.39, 0.29) is 11.3 Å². The maximum absolute atomic E-state index is 14.6. The van der Waals surface area contributed by atoms with Gasteiger partial charge in [0.05, 0.1) is 38.8 Å². The normalized spacial score (nSPS) is 30.8. The van der Waals surface area contributed by atoms with E-state index >= 15 is 0 Å². The molecule has 1 aliphatic carbocycles. The molecular formula is C31H41N2O3+. The van der Waals surface area contributed by atoms with E-state index in [0.717, 1.165) is 43.8 Å². The van der Waals surface area contributed by atoms with Gasteiger partial charge in [-0.3, -0.25) is 4.79 Å². The summed E-state index contributed by atoms with van der Waals surface area (Å²) < 4.78 is 11.9. The first-order valence-electron chi connectivity index (χ1n) is 14.1. The molecule has 0 aromatic heterocycles. The van der Waals surface area contributed by atoms with Gasteiger partial charge >= 0.3 is 0 Å². The van der Waals surface area contributed by atoms with Crippen LogP contribution >= 0.6 is 0 Å². The molecule has 3 fully saturated rings. The van der Waals surface area contributed by atoms with Crippen molar-refractivity contribution in [3.63, 3.8) is 0 Å². The summed E-state index contributed by atoms with van der Waals surface area (Å²) in [4.78, 5) is 16.9. The fourth-order valence-corrected chi connectivity index (χ4v) is 7.92. The van der Waals surface area contributed by atoms with E-state index in [1.54, 1.807) is 7.11 Å². The Bertz CT molecular complexity index is 1070. The third kappa shape index (κ3) is 4.14. The Morgan fingerprint density at radius 2 is 1.89 bits per heavy atom. The molecule has 2 aromatic carbocycles. The lowest BCUT2D eigenvalue weighted by atomic mass is 9.68. The summed E-state index contributed by atoms with van der Waals surface area (Å²) in [6.45, 7) is 3.80. The highest BCUT2D eigenvalue weighted by Crippen LogP contribution is 2.45. The predicted molar refractivity (Wildman–Crippen MR) is 140 cm³/mol. The van der Waals surface area contributed by atoms with Crippen LogP contribution in [0.2, 0.25) is 0 Å². The van der Waals surface area contributed by atoms with Crippen LogP contribution in [0.15, 0.2) is 48.5 Å². The molecule has 2 aromatic rings. The van der Waals surface area contributed by atoms with Crippen molar-refractivity contribution in [1.82, 2.24) is 4.90 Å². The van der Waals surface area contributed by atoms with Crippen LogP contribution in [0.25, 0.3) is 0 Å². The SMILES string of the molecule is COc1cccc2c1COC[C@]21C[NH2+]CC1C(=O)N1CC[C@@H](c2ccccc2)C[C@H]1C1CCCCC1. The summed E-state index contributed by atoms with van der Waals surface area (Å²) in [6, 6.07) is 17.7. The minimum atomic E-state index is -0.271. The molecule has 36 heavy (non-hydrogen) atoms. The maximum atomic E-state index is 14.6. The van der Waals surface area contributed by atoms with E-state index in [4.69, 9.17) is 9.47 Å². The van der Waals surface area contributed by atoms with E-state index in [1.807, 2.05) is 6.07 Å². The first-order chi connectivity index (χ1) is 17.7. The topological polar surface area (TPSA) is 55.4 Å². The second-order valence-electron chi connectivity index (χ2n) is 11.5. The van der Waals surface area contributed by atoms with Gasteiger partial charge in [0.2, 0.25) is 5.91 Å². The Kier molecular flexibility index (Phi) is 6.78. The zero-order valence-corrected chi connectivity index (χ0v) is 21.7. The number of nitrogens with zero attached hydrogens (tertiary/aromatic N) is 1. The third-order valence-corrected chi connectivity index (χ3v) is 9.76. The second-order valence-corrected chi connectivity index (χ2v) is 11.5. The molecule has 3 aliphatic heterocycles. The standard InChI is InChI=1S/C31H40N2O3/c1-35-29-14-8-13-26-25(29)19-36-21-31(26)20-32-18-27(31)30(34)33-16-15-24(22-9-4-2-5-10-22)17-28(33)23-11-6-3-7-12-23/h2,4-5,8-10,13-14,23-24,27-28,32H,3,6-7,11-12,15-21H2,1H3/p+1/t24-,27?,28+,31-/m1/s1. The number of carbonyl (C=O) groups excluding carboxylic acids is 1. The first kappa shape index (κ1) is 24.0. The van der Waals surface area contributed by atoms with Gasteiger partial charge in [-0.1, -0.05) is 61.7 Å². The van der Waals surface area contributed by atoms with Crippen molar-refractivity contribution >= 4 is 5.91 Å². The lowest BCUT2D eigenvalue weighted by Crippen LogP contribution is -2.82. The number of benzene rings is 2. The monoisotopic (exact) mass is 489 g/mol. The predicted octanol–water partition coefficient (Wildman–Crippen LogP) is 4.01. The molecule has 6 rings (SSSR count). The summed E-state index contributed by atoms with van der Waals surface area (Å²) in [7, 11) is 1.73. The number of carbonyl (C=O) groups is 1. The zero-order valence-electron chi connectivity index (χ0n) is 21.7. The Labute approximate surface area is 215 Å². The largest absolute Gasteiger partial charge is 0.496 e. The molecule has 5 heteroatoms. The fraction of sp³-hybridized carbons (Fsp3) is 0.581. The number of hydrogen-bond acceptors (Lipinski definition) is 3. The van der Waals surface area contributed by atoms with Crippen LogP contribution < -0.4 is 10.1 Å². The van der Waals surface area contributed by atoms with Crippen molar-refractivity contribution in [3.05, 3.63) is 65.2 Å². The van der Waals surface area contributed by atoms with Crippen LogP contribution in [0.1, 0.15) is 67.6 Å². The van der Waals surface area contributed by atoms with Crippen LogP contribution in [0.5, 0.6) is 5.75 Å².